The second kappa shape index (κ2) is 3.46. The number of thioether (sulfide) groups is 1. The van der Waals surface area contributed by atoms with Crippen molar-refractivity contribution in [3.05, 3.63) is 59.7 Å². The summed E-state index contributed by atoms with van der Waals surface area (Å²) in [5, 5.41) is 10.8. The summed E-state index contributed by atoms with van der Waals surface area (Å²) < 4.78 is 0. The molecule has 2 nitrogen and oxygen atoms in total. The molecule has 18 heavy (non-hydrogen) atoms. The molecule has 1 aliphatic carbocycles. The van der Waals surface area contributed by atoms with Gasteiger partial charge in [0.1, 0.15) is 0 Å². The maximum atomic E-state index is 10.8. The quantitative estimate of drug-likeness (QED) is 0.782. The largest absolute Gasteiger partial charge is 0.373 e. The molecule has 1 atom stereocenters. The lowest BCUT2D eigenvalue weighted by atomic mass is 10.1. The Morgan fingerprint density at radius 1 is 1.06 bits per heavy atom. The first-order valence-corrected chi connectivity index (χ1v) is 6.76. The first-order chi connectivity index (χ1) is 8.76. The average molecular weight is 253 g/mol. The lowest BCUT2D eigenvalue weighted by Gasteiger charge is -2.27. The predicted octanol–water partition coefficient (Wildman–Crippen LogP) is 3.16. The lowest BCUT2D eigenvalue weighted by Crippen LogP contribution is -2.33. The molecule has 2 aromatic rings. The molecule has 2 aliphatic rings. The van der Waals surface area contributed by atoms with Crippen LogP contribution in [0.4, 0.5) is 5.69 Å². The van der Waals surface area contributed by atoms with Crippen molar-refractivity contribution in [1.29, 1.82) is 0 Å². The Balaban J connectivity index is 1.97. The maximum absolute atomic E-state index is 10.8. The van der Waals surface area contributed by atoms with E-state index < -0.39 is 4.93 Å². The Morgan fingerprint density at radius 2 is 1.83 bits per heavy atom. The van der Waals surface area contributed by atoms with Gasteiger partial charge in [-0.1, -0.05) is 48.2 Å². The number of benzene rings is 2. The second-order valence-corrected chi connectivity index (χ2v) is 5.97. The summed E-state index contributed by atoms with van der Waals surface area (Å²) in [5.74, 6) is 0. The fourth-order valence-corrected chi connectivity index (χ4v) is 3.84. The third kappa shape index (κ3) is 1.32. The van der Waals surface area contributed by atoms with Crippen LogP contribution < -0.4 is 0 Å². The van der Waals surface area contributed by atoms with Crippen LogP contribution in [-0.4, -0.2) is 15.8 Å². The third-order valence-corrected chi connectivity index (χ3v) is 4.69. The van der Waals surface area contributed by atoms with Gasteiger partial charge in [-0.05, 0) is 17.7 Å². The Kier molecular flexibility index (Phi) is 1.99. The SMILES string of the molecule is OC12Cc3ccccc3C1=Nc1ccccc1S2. The van der Waals surface area contributed by atoms with Crippen molar-refractivity contribution in [2.24, 2.45) is 4.99 Å². The number of para-hydroxylation sites is 1. The van der Waals surface area contributed by atoms with E-state index in [4.69, 9.17) is 0 Å². The molecule has 0 aromatic heterocycles. The zero-order valence-electron chi connectivity index (χ0n) is 9.63. The number of hydrogen-bond acceptors (Lipinski definition) is 3. The zero-order valence-corrected chi connectivity index (χ0v) is 10.4. The van der Waals surface area contributed by atoms with Crippen molar-refractivity contribution < 1.29 is 5.11 Å². The van der Waals surface area contributed by atoms with Gasteiger partial charge in [-0.25, -0.2) is 4.99 Å². The van der Waals surface area contributed by atoms with Crippen molar-refractivity contribution in [2.45, 2.75) is 16.2 Å². The Labute approximate surface area is 109 Å². The number of aliphatic hydroxyl groups is 1. The molecule has 0 radical (unpaired) electrons. The van der Waals surface area contributed by atoms with E-state index >= 15 is 0 Å². The fraction of sp³-hybridized carbons (Fsp3) is 0.133. The highest BCUT2D eigenvalue weighted by Crippen LogP contribution is 2.49. The van der Waals surface area contributed by atoms with E-state index in [2.05, 4.69) is 11.1 Å². The van der Waals surface area contributed by atoms with Crippen molar-refractivity contribution in [3.8, 4) is 0 Å². The van der Waals surface area contributed by atoms with Crippen LogP contribution in [0.15, 0.2) is 58.4 Å². The number of nitrogens with zero attached hydrogens (tertiary/aromatic N) is 1. The summed E-state index contributed by atoms with van der Waals surface area (Å²) in [4.78, 5) is 4.83. The molecular weight excluding hydrogens is 242 g/mol. The minimum absolute atomic E-state index is 0.640. The predicted molar refractivity (Wildman–Crippen MR) is 73.6 cm³/mol. The highest BCUT2D eigenvalue weighted by atomic mass is 32.2. The summed E-state index contributed by atoms with van der Waals surface area (Å²) >= 11 is 1.51. The van der Waals surface area contributed by atoms with Crippen LogP contribution >= 0.6 is 11.8 Å². The molecule has 2 aromatic carbocycles. The maximum Gasteiger partial charge on any atom is 0.161 e. The molecule has 1 N–H and O–H groups in total. The van der Waals surface area contributed by atoms with Gasteiger partial charge < -0.3 is 5.11 Å². The van der Waals surface area contributed by atoms with E-state index in [1.54, 1.807) is 0 Å². The van der Waals surface area contributed by atoms with Crippen LogP contribution in [0.5, 0.6) is 0 Å². The van der Waals surface area contributed by atoms with E-state index in [0.29, 0.717) is 6.42 Å². The number of hydrogen-bond donors (Lipinski definition) is 1. The summed E-state index contributed by atoms with van der Waals surface area (Å²) in [6, 6.07) is 16.1. The fourth-order valence-electron chi connectivity index (χ4n) is 2.63. The number of fused-ring (bicyclic) bond motifs is 4. The molecule has 88 valence electrons. The molecule has 0 amide bonds. The highest BCUT2D eigenvalue weighted by molar-refractivity contribution is 8.01. The van der Waals surface area contributed by atoms with Crippen LogP contribution in [0.2, 0.25) is 0 Å². The van der Waals surface area contributed by atoms with Crippen LogP contribution in [-0.2, 0) is 6.42 Å². The van der Waals surface area contributed by atoms with Crippen molar-refractivity contribution in [3.63, 3.8) is 0 Å². The molecule has 0 bridgehead atoms. The molecule has 1 heterocycles. The van der Waals surface area contributed by atoms with Gasteiger partial charge in [0.2, 0.25) is 0 Å². The van der Waals surface area contributed by atoms with Crippen molar-refractivity contribution >= 4 is 23.2 Å². The standard InChI is InChI=1S/C15H11NOS/c17-15-9-10-5-1-2-6-11(10)14(15)16-12-7-3-4-8-13(12)18-15/h1-8,17H,9H2. The summed E-state index contributed by atoms with van der Waals surface area (Å²) in [6.07, 6.45) is 0.640. The summed E-state index contributed by atoms with van der Waals surface area (Å²) in [6.45, 7) is 0. The Hall–Kier alpha value is -1.58. The Morgan fingerprint density at radius 3 is 2.78 bits per heavy atom. The number of rotatable bonds is 0. The molecule has 1 unspecified atom stereocenters. The molecule has 0 fully saturated rings. The van der Waals surface area contributed by atoms with Gasteiger partial charge >= 0.3 is 0 Å². The summed E-state index contributed by atoms with van der Waals surface area (Å²) in [7, 11) is 0. The highest BCUT2D eigenvalue weighted by Gasteiger charge is 2.45. The average Bonchev–Trinajstić information content (AvgIpc) is 2.67. The second-order valence-electron chi connectivity index (χ2n) is 4.65. The molecular formula is C15H11NOS. The molecule has 4 rings (SSSR count). The first-order valence-electron chi connectivity index (χ1n) is 5.94. The van der Waals surface area contributed by atoms with Gasteiger partial charge in [-0.3, -0.25) is 0 Å². The minimum Gasteiger partial charge on any atom is -0.373 e. The zero-order chi connectivity index (χ0) is 12.2. The molecule has 1 aliphatic heterocycles. The van der Waals surface area contributed by atoms with E-state index in [-0.39, 0.29) is 0 Å². The topological polar surface area (TPSA) is 32.6 Å². The monoisotopic (exact) mass is 253 g/mol. The first kappa shape index (κ1) is 10.4. The van der Waals surface area contributed by atoms with Crippen molar-refractivity contribution in [2.75, 3.05) is 0 Å². The van der Waals surface area contributed by atoms with Gasteiger partial charge in [0.25, 0.3) is 0 Å². The minimum atomic E-state index is -0.891. The van der Waals surface area contributed by atoms with Crippen LogP contribution in [0.1, 0.15) is 11.1 Å². The molecule has 3 heteroatoms. The van der Waals surface area contributed by atoms with E-state index in [1.807, 2.05) is 42.5 Å². The van der Waals surface area contributed by atoms with Gasteiger partial charge in [-0.15, -0.1) is 0 Å². The van der Waals surface area contributed by atoms with E-state index in [0.717, 1.165) is 21.9 Å². The van der Waals surface area contributed by atoms with Crippen LogP contribution in [0.25, 0.3) is 0 Å². The summed E-state index contributed by atoms with van der Waals surface area (Å²) in [5.41, 5.74) is 4.03. The van der Waals surface area contributed by atoms with Gasteiger partial charge in [0.05, 0.1) is 11.4 Å². The van der Waals surface area contributed by atoms with E-state index in [1.165, 1.54) is 17.3 Å². The molecule has 0 spiro atoms. The lowest BCUT2D eigenvalue weighted by molar-refractivity contribution is 0.213. The van der Waals surface area contributed by atoms with Crippen molar-refractivity contribution in [1.82, 2.24) is 0 Å². The molecule has 0 saturated carbocycles. The van der Waals surface area contributed by atoms with Crippen LogP contribution in [0.3, 0.4) is 0 Å². The Bertz CT molecular complexity index is 674. The van der Waals surface area contributed by atoms with Crippen LogP contribution in [0, 0.1) is 0 Å². The number of aliphatic imine (C=N–C) groups is 1. The van der Waals surface area contributed by atoms with Gasteiger partial charge in [0.15, 0.2) is 4.93 Å². The normalized spacial score (nSPS) is 23.9. The van der Waals surface area contributed by atoms with Gasteiger partial charge in [0, 0.05) is 16.9 Å². The smallest absolute Gasteiger partial charge is 0.161 e. The van der Waals surface area contributed by atoms with E-state index in [9.17, 15) is 5.11 Å². The third-order valence-electron chi connectivity index (χ3n) is 3.45. The van der Waals surface area contributed by atoms with Gasteiger partial charge in [-0.2, -0.15) is 0 Å². The molecule has 0 saturated heterocycles.